The number of amides is 2. The number of anilines is 4. The molecule has 1 atom stereocenters. The highest BCUT2D eigenvalue weighted by Crippen LogP contribution is 2.42. The number of rotatable bonds is 22. The second kappa shape index (κ2) is 22.0. The van der Waals surface area contributed by atoms with Crippen LogP contribution in [0.5, 0.6) is 23.0 Å². The van der Waals surface area contributed by atoms with Crippen LogP contribution < -0.4 is 38.4 Å². The second-order valence-electron chi connectivity index (χ2n) is 17.4. The molecule has 5 aromatic carbocycles. The minimum Gasteiger partial charge on any atom is -0.493 e. The summed E-state index contributed by atoms with van der Waals surface area (Å²) in [6.45, 7) is 8.56. The normalized spacial score (nSPS) is 14.8. The molecule has 0 saturated heterocycles. The molecule has 0 fully saturated rings. The highest BCUT2D eigenvalue weighted by molar-refractivity contribution is 7.81. The van der Waals surface area contributed by atoms with Crippen molar-refractivity contribution in [1.82, 2.24) is 0 Å². The van der Waals surface area contributed by atoms with E-state index in [1.807, 2.05) is 65.7 Å². The smallest absolute Gasteiger partial charge is 0.261 e. The fraction of sp³-hybridized carbons (Fsp3) is 0.365. The summed E-state index contributed by atoms with van der Waals surface area (Å²) < 4.78 is 44.0. The molecule has 3 aliphatic rings. The van der Waals surface area contributed by atoms with Crippen LogP contribution in [0.1, 0.15) is 56.8 Å². The lowest BCUT2D eigenvalue weighted by atomic mass is 10.1. The van der Waals surface area contributed by atoms with E-state index >= 15 is 0 Å². The quantitative estimate of drug-likeness (QED) is 0.0454. The Labute approximate surface area is 409 Å². The predicted molar refractivity (Wildman–Crippen MR) is 273 cm³/mol. The minimum atomic E-state index is -0.364. The van der Waals surface area contributed by atoms with Gasteiger partial charge in [-0.05, 0) is 85.0 Å². The molecule has 5 aromatic rings. The van der Waals surface area contributed by atoms with Gasteiger partial charge < -0.3 is 47.7 Å². The van der Waals surface area contributed by atoms with E-state index < -0.39 is 0 Å². The van der Waals surface area contributed by atoms with Crippen molar-refractivity contribution in [2.45, 2.75) is 50.7 Å². The molecule has 0 aromatic heterocycles. The molecule has 3 aliphatic heterocycles. The van der Waals surface area contributed by atoms with E-state index in [0.29, 0.717) is 105 Å². The molecule has 0 unspecified atom stereocenters. The molecule has 1 N–H and O–H groups in total. The van der Waals surface area contributed by atoms with Gasteiger partial charge in [0.1, 0.15) is 13.2 Å². The van der Waals surface area contributed by atoms with Gasteiger partial charge in [0.25, 0.3) is 11.8 Å². The van der Waals surface area contributed by atoms with Crippen molar-refractivity contribution in [3.05, 3.63) is 124 Å². The first kappa shape index (κ1) is 48.5. The van der Waals surface area contributed by atoms with Gasteiger partial charge in [-0.1, -0.05) is 49.2 Å². The molecular formula is C52H59N5O9S2. The van der Waals surface area contributed by atoms with E-state index in [4.69, 9.17) is 50.8 Å². The maximum Gasteiger partial charge on any atom is 0.261 e. The lowest BCUT2D eigenvalue weighted by Gasteiger charge is -2.32. The standard InChI is InChI=1S/C52H59N5O9S2/c1-52(2,67)33-55(16-17-63-20-21-64-19-18-60-3)38-23-34(31-65-48-28-42-40(26-46(48)61-4)51(59)57-39(30-53-42)25-37-11-7-9-13-45(37)57)22-35(24-38)32-66-49-29-43(54-68)41(27-47(49)62-5)50(58)56-15-14-36-10-6-8-12-44(36)56/h6-13,22-24,26-30,39,54,67-68H,14-21,25,31-33H2,1-5H3/t39-/m0/s1. The van der Waals surface area contributed by atoms with Crippen LogP contribution in [0.15, 0.2) is 96.0 Å². The molecule has 68 heavy (non-hydrogen) atoms. The number of hydrogen-bond acceptors (Lipinski definition) is 14. The summed E-state index contributed by atoms with van der Waals surface area (Å²) in [5.74, 6) is 1.37. The fourth-order valence-electron chi connectivity index (χ4n) is 8.81. The highest BCUT2D eigenvalue weighted by atomic mass is 32.1. The Morgan fingerprint density at radius 3 is 2.13 bits per heavy atom. The van der Waals surface area contributed by atoms with Crippen molar-refractivity contribution in [1.29, 1.82) is 0 Å². The van der Waals surface area contributed by atoms with Gasteiger partial charge in [0.15, 0.2) is 23.0 Å². The van der Waals surface area contributed by atoms with Crippen molar-refractivity contribution < 1.29 is 42.7 Å². The van der Waals surface area contributed by atoms with Crippen molar-refractivity contribution in [2.75, 3.05) is 93.4 Å². The average Bonchev–Trinajstić information content (AvgIpc) is 3.92. The second-order valence-corrected chi connectivity index (χ2v) is 18.8. The molecule has 0 spiro atoms. The zero-order valence-electron chi connectivity index (χ0n) is 39.2. The zero-order valence-corrected chi connectivity index (χ0v) is 40.9. The highest BCUT2D eigenvalue weighted by Gasteiger charge is 2.37. The van der Waals surface area contributed by atoms with Crippen LogP contribution in [0.3, 0.4) is 0 Å². The van der Waals surface area contributed by atoms with E-state index in [0.717, 1.165) is 45.7 Å². The van der Waals surface area contributed by atoms with Gasteiger partial charge in [-0.2, -0.15) is 12.6 Å². The summed E-state index contributed by atoms with van der Waals surface area (Å²) in [4.78, 5) is 38.8. The number of carbonyl (C=O) groups excluding carboxylic acids is 2. The number of hydrogen-bond donors (Lipinski definition) is 3. The van der Waals surface area contributed by atoms with Gasteiger partial charge in [-0.3, -0.25) is 19.5 Å². The fourth-order valence-corrected chi connectivity index (χ4v) is 9.16. The molecule has 3 heterocycles. The summed E-state index contributed by atoms with van der Waals surface area (Å²) in [6, 6.07) is 28.8. The number of nitrogens with one attached hydrogen (secondary N) is 1. The number of fused-ring (bicyclic) bond motifs is 5. The van der Waals surface area contributed by atoms with Gasteiger partial charge >= 0.3 is 0 Å². The van der Waals surface area contributed by atoms with Gasteiger partial charge in [-0.15, -0.1) is 0 Å². The van der Waals surface area contributed by atoms with Crippen molar-refractivity contribution in [3.8, 4) is 23.0 Å². The molecule has 0 aliphatic carbocycles. The molecule has 2 amide bonds. The number of thiol groups is 2. The van der Waals surface area contributed by atoms with Crippen molar-refractivity contribution in [2.24, 2.45) is 4.99 Å². The Hall–Kier alpha value is -5.91. The maximum absolute atomic E-state index is 14.1. The van der Waals surface area contributed by atoms with Crippen LogP contribution in [-0.2, 0) is 40.3 Å². The number of aliphatic imine (C=N–C) groups is 1. The molecule has 8 rings (SSSR count). The number of methoxy groups -OCH3 is 3. The van der Waals surface area contributed by atoms with Crippen LogP contribution in [0.4, 0.5) is 28.4 Å². The Balaban J connectivity index is 1.06. The average molecular weight is 962 g/mol. The summed E-state index contributed by atoms with van der Waals surface area (Å²) in [5.41, 5.74) is 8.46. The lowest BCUT2D eigenvalue weighted by Crippen LogP contribution is -2.37. The van der Waals surface area contributed by atoms with Gasteiger partial charge in [0, 0.05) is 73.3 Å². The van der Waals surface area contributed by atoms with Crippen molar-refractivity contribution >= 4 is 71.9 Å². The van der Waals surface area contributed by atoms with Gasteiger partial charge in [0.05, 0.1) is 75.8 Å². The molecule has 0 radical (unpaired) electrons. The summed E-state index contributed by atoms with van der Waals surface area (Å²) >= 11 is 9.33. The summed E-state index contributed by atoms with van der Waals surface area (Å²) in [7, 11) is 4.76. The first-order valence-corrected chi connectivity index (χ1v) is 23.6. The molecule has 0 bridgehead atoms. The first-order valence-electron chi connectivity index (χ1n) is 22.7. The molecule has 358 valence electrons. The SMILES string of the molecule is COCCOCCOCCN(CC(C)(C)S)c1cc(COc2cc3c(cc2OC)C(=O)N2c4ccccc4C[C@H]2C=N3)cc(COc2cc(NS)c(C(=O)N3CCc4ccccc43)cc2OC)c1. The van der Waals surface area contributed by atoms with Crippen LogP contribution >= 0.6 is 25.4 Å². The van der Waals surface area contributed by atoms with Gasteiger partial charge in [-0.25, -0.2) is 0 Å². The van der Waals surface area contributed by atoms with E-state index in [1.165, 1.54) is 0 Å². The number of benzene rings is 5. The third-order valence-corrected chi connectivity index (χ3v) is 12.4. The molecular weight excluding hydrogens is 903 g/mol. The van der Waals surface area contributed by atoms with Crippen LogP contribution in [0.2, 0.25) is 0 Å². The Morgan fingerprint density at radius 2 is 1.44 bits per heavy atom. The van der Waals surface area contributed by atoms with E-state index in [-0.39, 0.29) is 35.8 Å². The maximum atomic E-state index is 14.1. The summed E-state index contributed by atoms with van der Waals surface area (Å²) in [6.07, 6.45) is 3.31. The zero-order chi connectivity index (χ0) is 47.8. The van der Waals surface area contributed by atoms with Crippen LogP contribution in [0, 0.1) is 0 Å². The monoisotopic (exact) mass is 961 g/mol. The Morgan fingerprint density at radius 1 is 0.794 bits per heavy atom. The predicted octanol–water partition coefficient (Wildman–Crippen LogP) is 8.80. The minimum absolute atomic E-state index is 0.142. The van der Waals surface area contributed by atoms with E-state index in [2.05, 4.69) is 48.4 Å². The first-order chi connectivity index (χ1) is 33.0. The third kappa shape index (κ3) is 11.2. The van der Waals surface area contributed by atoms with Crippen LogP contribution in [0.25, 0.3) is 0 Å². The number of nitrogens with zero attached hydrogens (tertiary/aromatic N) is 4. The molecule has 16 heteroatoms. The number of ether oxygens (including phenoxy) is 7. The van der Waals surface area contributed by atoms with Gasteiger partial charge in [0.2, 0.25) is 0 Å². The van der Waals surface area contributed by atoms with Crippen molar-refractivity contribution in [3.63, 3.8) is 0 Å². The topological polar surface area (TPSA) is 133 Å². The summed E-state index contributed by atoms with van der Waals surface area (Å²) in [5, 5.41) is 0. The number of para-hydroxylation sites is 2. The molecule has 0 saturated carbocycles. The largest absolute Gasteiger partial charge is 0.493 e. The number of carbonyl (C=O) groups is 2. The third-order valence-electron chi connectivity index (χ3n) is 12.0. The van der Waals surface area contributed by atoms with E-state index in [9.17, 15) is 9.59 Å². The molecule has 14 nitrogen and oxygen atoms in total. The van der Waals surface area contributed by atoms with Crippen LogP contribution in [-0.4, -0.2) is 103 Å². The lowest BCUT2D eigenvalue weighted by molar-refractivity contribution is 0.0264. The Bertz CT molecular complexity index is 2640. The Kier molecular flexibility index (Phi) is 15.7. The van der Waals surface area contributed by atoms with E-state index in [1.54, 1.807) is 50.5 Å².